The zero-order valence-electron chi connectivity index (χ0n) is 20.4. The van der Waals surface area contributed by atoms with Crippen LogP contribution >= 0.6 is 11.3 Å². The summed E-state index contributed by atoms with van der Waals surface area (Å²) in [6, 6.07) is 3.51. The van der Waals surface area contributed by atoms with Crippen molar-refractivity contribution in [2.45, 2.75) is 12.8 Å². The molecular weight excluding hydrogens is 521 g/mol. The molecule has 0 bridgehead atoms. The van der Waals surface area contributed by atoms with Crippen LogP contribution < -0.4 is 10.6 Å². The number of aromatic nitrogens is 4. The fraction of sp³-hybridized carbons (Fsp3) is 0.292. The molecule has 0 aliphatic carbocycles. The molecule has 0 atom stereocenters. The van der Waals surface area contributed by atoms with Crippen molar-refractivity contribution in [1.29, 1.82) is 0 Å². The van der Waals surface area contributed by atoms with Crippen molar-refractivity contribution in [3.8, 4) is 10.6 Å². The molecule has 3 amide bonds. The number of fused-ring (bicyclic) bond motifs is 1. The monoisotopic (exact) mass is 544 g/mol. The molecule has 0 unspecified atom stereocenters. The topological polar surface area (TPSA) is 119 Å². The molecule has 38 heavy (non-hydrogen) atoms. The van der Waals surface area contributed by atoms with Crippen LogP contribution in [0.25, 0.3) is 21.6 Å². The summed E-state index contributed by atoms with van der Waals surface area (Å²) in [6.45, 7) is 3.45. The first-order chi connectivity index (χ1) is 18.1. The van der Waals surface area contributed by atoms with Gasteiger partial charge in [0.1, 0.15) is 5.82 Å². The molecule has 0 radical (unpaired) electrons. The number of alkyl halides is 2. The second-order valence-corrected chi connectivity index (χ2v) is 10.0. The quantitative estimate of drug-likeness (QED) is 0.344. The summed E-state index contributed by atoms with van der Waals surface area (Å²) in [5.41, 5.74) is 0.509. The summed E-state index contributed by atoms with van der Waals surface area (Å²) < 4.78 is 41.3. The minimum absolute atomic E-state index is 0.127. The third kappa shape index (κ3) is 5.31. The molecule has 3 N–H and O–H groups in total. The van der Waals surface area contributed by atoms with Crippen LogP contribution in [0.1, 0.15) is 22.8 Å². The third-order valence-corrected chi connectivity index (χ3v) is 7.08. The number of thiazole rings is 1. The Balaban J connectivity index is 1.35. The van der Waals surface area contributed by atoms with E-state index in [2.05, 4.69) is 35.7 Å². The van der Waals surface area contributed by atoms with E-state index in [1.165, 1.54) is 6.20 Å². The molecule has 3 aromatic heterocycles. The molecule has 198 valence electrons. The number of amides is 3. The normalized spacial score (nSPS) is 14.6. The number of nitrogens with one attached hydrogen (secondary N) is 3. The van der Waals surface area contributed by atoms with Crippen molar-refractivity contribution in [3.63, 3.8) is 0 Å². The van der Waals surface area contributed by atoms with Gasteiger partial charge in [-0.1, -0.05) is 17.4 Å². The van der Waals surface area contributed by atoms with Gasteiger partial charge in [-0.3, -0.25) is 15.2 Å². The smallest absolute Gasteiger partial charge is 0.325 e. The fourth-order valence-corrected chi connectivity index (χ4v) is 4.78. The summed E-state index contributed by atoms with van der Waals surface area (Å²) in [7, 11) is 2.01. The zero-order chi connectivity index (χ0) is 27.0. The minimum Gasteiger partial charge on any atom is -0.336 e. The maximum Gasteiger partial charge on any atom is 0.325 e. The highest BCUT2D eigenvalue weighted by atomic mass is 32.1. The van der Waals surface area contributed by atoms with Gasteiger partial charge in [0.15, 0.2) is 10.8 Å². The number of anilines is 2. The van der Waals surface area contributed by atoms with E-state index in [1.807, 2.05) is 7.05 Å². The molecule has 10 nitrogen and oxygen atoms in total. The van der Waals surface area contributed by atoms with Gasteiger partial charge in [-0.2, -0.15) is 5.10 Å². The van der Waals surface area contributed by atoms with Crippen molar-refractivity contribution in [3.05, 3.63) is 53.6 Å². The van der Waals surface area contributed by atoms with E-state index < -0.39 is 29.0 Å². The number of halogens is 3. The van der Waals surface area contributed by atoms with E-state index in [9.17, 15) is 22.8 Å². The molecule has 1 aromatic carbocycles. The van der Waals surface area contributed by atoms with Crippen LogP contribution in [0.15, 0.2) is 36.7 Å². The Bertz CT molecular complexity index is 1510. The number of hydrogen-bond donors (Lipinski definition) is 3. The Hall–Kier alpha value is -4.04. The molecule has 1 aliphatic heterocycles. The van der Waals surface area contributed by atoms with Crippen molar-refractivity contribution in [2.75, 3.05) is 43.9 Å². The number of urea groups is 1. The van der Waals surface area contributed by atoms with Gasteiger partial charge in [0, 0.05) is 44.9 Å². The summed E-state index contributed by atoms with van der Waals surface area (Å²) in [6.07, 6.45) is 3.04. The molecule has 0 spiro atoms. The number of piperazine rings is 1. The molecule has 14 heteroatoms. The van der Waals surface area contributed by atoms with Crippen molar-refractivity contribution >= 4 is 45.1 Å². The molecule has 1 saturated heterocycles. The number of likely N-dealkylation sites (N-methyl/N-ethyl adjacent to an activating group) is 1. The van der Waals surface area contributed by atoms with Crippen LogP contribution in [0.3, 0.4) is 0 Å². The Morgan fingerprint density at radius 1 is 1.11 bits per heavy atom. The number of nitrogens with zero attached hydrogens (tertiary/aromatic N) is 5. The van der Waals surface area contributed by atoms with E-state index in [0.29, 0.717) is 47.2 Å². The van der Waals surface area contributed by atoms with Gasteiger partial charge in [-0.05, 0) is 25.2 Å². The number of pyridine rings is 1. The maximum atomic E-state index is 14.1. The summed E-state index contributed by atoms with van der Waals surface area (Å²) in [4.78, 5) is 38.9. The van der Waals surface area contributed by atoms with Gasteiger partial charge in [-0.15, -0.1) is 0 Å². The van der Waals surface area contributed by atoms with E-state index >= 15 is 0 Å². The van der Waals surface area contributed by atoms with Gasteiger partial charge in [0.25, 0.3) is 11.8 Å². The number of carbonyl (C=O) groups excluding carboxylic acids is 2. The van der Waals surface area contributed by atoms with E-state index in [1.54, 1.807) is 17.2 Å². The largest absolute Gasteiger partial charge is 0.336 e. The van der Waals surface area contributed by atoms with Crippen molar-refractivity contribution < 1.29 is 22.8 Å². The van der Waals surface area contributed by atoms with E-state index in [0.717, 1.165) is 42.6 Å². The Labute approximate surface area is 218 Å². The van der Waals surface area contributed by atoms with Crippen LogP contribution in [0.2, 0.25) is 0 Å². The van der Waals surface area contributed by atoms with E-state index in [4.69, 9.17) is 0 Å². The predicted molar refractivity (Wildman–Crippen MR) is 137 cm³/mol. The highest BCUT2D eigenvalue weighted by Gasteiger charge is 2.26. The highest BCUT2D eigenvalue weighted by molar-refractivity contribution is 7.19. The Morgan fingerprint density at radius 3 is 2.61 bits per heavy atom. The molecule has 0 saturated carbocycles. The summed E-state index contributed by atoms with van der Waals surface area (Å²) in [5.74, 6) is -4.18. The number of rotatable bonds is 5. The lowest BCUT2D eigenvalue weighted by Crippen LogP contribution is -2.47. The zero-order valence-corrected chi connectivity index (χ0v) is 21.2. The molecule has 5 rings (SSSR count). The third-order valence-electron chi connectivity index (χ3n) is 6.14. The minimum atomic E-state index is -3.20. The second kappa shape index (κ2) is 10.0. The first-order valence-electron chi connectivity index (χ1n) is 11.6. The molecule has 4 heterocycles. The lowest BCUT2D eigenvalue weighted by atomic mass is 10.1. The van der Waals surface area contributed by atoms with Crippen molar-refractivity contribution in [2.24, 2.45) is 0 Å². The first-order valence-corrected chi connectivity index (χ1v) is 12.4. The molecule has 1 fully saturated rings. The van der Waals surface area contributed by atoms with Gasteiger partial charge in [0.05, 0.1) is 33.4 Å². The predicted octanol–water partition coefficient (Wildman–Crippen LogP) is 4.36. The van der Waals surface area contributed by atoms with Crippen LogP contribution in [0, 0.1) is 5.82 Å². The van der Waals surface area contributed by atoms with Gasteiger partial charge in [-0.25, -0.2) is 27.9 Å². The number of H-pyrrole nitrogens is 1. The van der Waals surface area contributed by atoms with Crippen LogP contribution in [-0.2, 0) is 5.92 Å². The molecule has 1 aliphatic rings. The average Bonchev–Trinajstić information content (AvgIpc) is 3.53. The van der Waals surface area contributed by atoms with Crippen molar-refractivity contribution in [1.82, 2.24) is 30.0 Å². The standard InChI is InChI=1S/C24H23F3N8O2S/c1-24(26,27)13-3-4-16(25)17(9-13)31-22(37)32-23-28-12-19(38-23)18-10-14(15-11-29-33-20(15)30-18)21(36)35-7-5-34(2)6-8-35/h3-4,9-12H,5-8H2,1-2H3,(H,29,30,33)(H2,28,31,32,37). The van der Waals surface area contributed by atoms with Gasteiger partial charge in [0.2, 0.25) is 0 Å². The number of carbonyl (C=O) groups is 2. The summed E-state index contributed by atoms with van der Waals surface area (Å²) >= 11 is 1.08. The number of benzene rings is 1. The Morgan fingerprint density at radius 2 is 1.87 bits per heavy atom. The lowest BCUT2D eigenvalue weighted by molar-refractivity contribution is 0.0174. The van der Waals surface area contributed by atoms with Crippen LogP contribution in [-0.4, -0.2) is 75.1 Å². The van der Waals surface area contributed by atoms with E-state index in [-0.39, 0.29) is 11.0 Å². The second-order valence-electron chi connectivity index (χ2n) is 8.97. The summed E-state index contributed by atoms with van der Waals surface area (Å²) in [5, 5.41) is 12.3. The first kappa shape index (κ1) is 25.6. The highest BCUT2D eigenvalue weighted by Crippen LogP contribution is 2.32. The molecular formula is C24H23F3N8O2S. The number of hydrogen-bond acceptors (Lipinski definition) is 7. The fourth-order valence-electron chi connectivity index (χ4n) is 4.01. The van der Waals surface area contributed by atoms with Gasteiger partial charge >= 0.3 is 6.03 Å². The number of aromatic amines is 1. The molecule has 4 aromatic rings. The maximum absolute atomic E-state index is 14.1. The van der Waals surface area contributed by atoms with Gasteiger partial charge < -0.3 is 15.1 Å². The van der Waals surface area contributed by atoms with Crippen LogP contribution in [0.4, 0.5) is 28.8 Å². The Kier molecular flexibility index (Phi) is 6.75. The van der Waals surface area contributed by atoms with Crippen LogP contribution in [0.5, 0.6) is 0 Å². The SMILES string of the molecule is CN1CCN(C(=O)c2cc(-c3cnc(NC(=O)Nc4cc(C(C)(F)F)ccc4F)s3)nc3[nH]ncc23)CC1. The average molecular weight is 545 g/mol. The lowest BCUT2D eigenvalue weighted by Gasteiger charge is -2.32.